The van der Waals surface area contributed by atoms with E-state index in [-0.39, 0.29) is 29.6 Å². The first-order valence-electron chi connectivity index (χ1n) is 7.51. The molecule has 1 N–H and O–H groups in total. The maximum atomic E-state index is 12.9. The highest BCUT2D eigenvalue weighted by atomic mass is 19.1. The van der Waals surface area contributed by atoms with E-state index >= 15 is 0 Å². The lowest BCUT2D eigenvalue weighted by molar-refractivity contribution is -0.384. The van der Waals surface area contributed by atoms with Gasteiger partial charge in [0.1, 0.15) is 18.0 Å². The molecule has 0 saturated heterocycles. The summed E-state index contributed by atoms with van der Waals surface area (Å²) < 4.78 is 12.9. The molecule has 10 heteroatoms. The molecule has 2 aromatic carbocycles. The molecule has 0 aliphatic heterocycles. The van der Waals surface area contributed by atoms with Gasteiger partial charge in [-0.25, -0.2) is 4.39 Å². The summed E-state index contributed by atoms with van der Waals surface area (Å²) in [6.07, 6.45) is 0. The van der Waals surface area contributed by atoms with Gasteiger partial charge in [-0.2, -0.15) is 4.80 Å². The second-order valence-electron chi connectivity index (χ2n) is 5.48. The predicted molar refractivity (Wildman–Crippen MR) is 89.7 cm³/mol. The summed E-state index contributed by atoms with van der Waals surface area (Å²) in [4.78, 5) is 23.7. The van der Waals surface area contributed by atoms with E-state index in [1.807, 2.05) is 0 Å². The molecule has 0 aliphatic rings. The number of aryl methyl sites for hydroxylation is 1. The fourth-order valence-electron chi connectivity index (χ4n) is 2.24. The number of rotatable bonds is 5. The first kappa shape index (κ1) is 17.1. The van der Waals surface area contributed by atoms with Crippen molar-refractivity contribution in [3.63, 3.8) is 0 Å². The summed E-state index contributed by atoms with van der Waals surface area (Å²) in [7, 11) is 0. The highest BCUT2D eigenvalue weighted by molar-refractivity contribution is 5.92. The Morgan fingerprint density at radius 2 is 2.00 bits per heavy atom. The number of nitrogens with one attached hydrogen (secondary N) is 1. The number of amides is 1. The lowest BCUT2D eigenvalue weighted by Crippen LogP contribution is -2.21. The van der Waals surface area contributed by atoms with Crippen LogP contribution in [0.15, 0.2) is 42.5 Å². The van der Waals surface area contributed by atoms with Gasteiger partial charge < -0.3 is 5.32 Å². The van der Waals surface area contributed by atoms with Crippen molar-refractivity contribution in [3.8, 4) is 11.4 Å². The summed E-state index contributed by atoms with van der Waals surface area (Å²) in [6, 6.07) is 10.0. The number of hydrogen-bond donors (Lipinski definition) is 1. The van der Waals surface area contributed by atoms with E-state index in [1.165, 1.54) is 36.4 Å². The predicted octanol–water partition coefficient (Wildman–Crippen LogP) is 2.33. The van der Waals surface area contributed by atoms with E-state index < -0.39 is 10.8 Å². The Labute approximate surface area is 146 Å². The van der Waals surface area contributed by atoms with Gasteiger partial charge in [-0.15, -0.1) is 10.2 Å². The number of benzene rings is 2. The Hall–Kier alpha value is -3.69. The number of anilines is 1. The number of aromatic nitrogens is 4. The maximum absolute atomic E-state index is 12.9. The number of halogens is 1. The number of nitrogens with zero attached hydrogens (tertiary/aromatic N) is 5. The van der Waals surface area contributed by atoms with Crippen molar-refractivity contribution in [2.75, 3.05) is 5.32 Å². The normalized spacial score (nSPS) is 10.5. The molecular formula is C16H13FN6O3. The van der Waals surface area contributed by atoms with Gasteiger partial charge in [0.15, 0.2) is 0 Å². The van der Waals surface area contributed by atoms with Gasteiger partial charge in [0, 0.05) is 11.6 Å². The summed E-state index contributed by atoms with van der Waals surface area (Å²) in [5, 5.41) is 25.2. The topological polar surface area (TPSA) is 116 Å². The largest absolute Gasteiger partial charge is 0.319 e. The van der Waals surface area contributed by atoms with Crippen molar-refractivity contribution in [1.29, 1.82) is 0 Å². The molecule has 26 heavy (non-hydrogen) atoms. The molecule has 0 spiro atoms. The van der Waals surface area contributed by atoms with Crippen molar-refractivity contribution < 1.29 is 14.1 Å². The highest BCUT2D eigenvalue weighted by Crippen LogP contribution is 2.25. The molecule has 9 nitrogen and oxygen atoms in total. The zero-order valence-electron chi connectivity index (χ0n) is 13.6. The molecule has 0 fully saturated rings. The molecule has 0 radical (unpaired) electrons. The molecular weight excluding hydrogens is 343 g/mol. The van der Waals surface area contributed by atoms with Crippen LogP contribution in [0.4, 0.5) is 15.8 Å². The Bertz CT molecular complexity index is 970. The Kier molecular flexibility index (Phi) is 4.65. The monoisotopic (exact) mass is 356 g/mol. The van der Waals surface area contributed by atoms with Gasteiger partial charge in [-0.05, 0) is 48.0 Å². The molecule has 0 aliphatic carbocycles. The van der Waals surface area contributed by atoms with Crippen LogP contribution in [-0.2, 0) is 11.3 Å². The van der Waals surface area contributed by atoms with Crippen LogP contribution in [0.2, 0.25) is 0 Å². The zero-order valence-corrected chi connectivity index (χ0v) is 13.6. The fourth-order valence-corrected chi connectivity index (χ4v) is 2.24. The Balaban J connectivity index is 1.71. The van der Waals surface area contributed by atoms with Crippen molar-refractivity contribution in [1.82, 2.24) is 20.2 Å². The van der Waals surface area contributed by atoms with Crippen LogP contribution in [0.5, 0.6) is 0 Å². The Morgan fingerprint density at radius 3 is 2.69 bits per heavy atom. The quantitative estimate of drug-likeness (QED) is 0.554. The summed E-state index contributed by atoms with van der Waals surface area (Å²) >= 11 is 0. The van der Waals surface area contributed by atoms with E-state index in [4.69, 9.17) is 0 Å². The van der Waals surface area contributed by atoms with Gasteiger partial charge in [0.05, 0.1) is 4.92 Å². The van der Waals surface area contributed by atoms with E-state index in [0.29, 0.717) is 11.1 Å². The number of carbonyl (C=O) groups is 1. The van der Waals surface area contributed by atoms with Crippen LogP contribution < -0.4 is 5.32 Å². The Morgan fingerprint density at radius 1 is 1.27 bits per heavy atom. The first-order valence-corrected chi connectivity index (χ1v) is 7.51. The highest BCUT2D eigenvalue weighted by Gasteiger charge is 2.17. The minimum atomic E-state index is -0.566. The molecule has 0 atom stereocenters. The number of carbonyl (C=O) groups excluding carboxylic acids is 1. The van der Waals surface area contributed by atoms with Crippen LogP contribution in [0.25, 0.3) is 11.4 Å². The van der Waals surface area contributed by atoms with Crippen LogP contribution >= 0.6 is 0 Å². The molecule has 1 aromatic heterocycles. The van der Waals surface area contributed by atoms with E-state index in [1.54, 1.807) is 13.0 Å². The minimum absolute atomic E-state index is 0.0875. The number of hydrogen-bond acceptors (Lipinski definition) is 6. The van der Waals surface area contributed by atoms with Crippen molar-refractivity contribution in [3.05, 3.63) is 64.0 Å². The molecule has 1 amide bonds. The van der Waals surface area contributed by atoms with Crippen molar-refractivity contribution in [2.45, 2.75) is 13.5 Å². The van der Waals surface area contributed by atoms with Crippen LogP contribution in [0, 0.1) is 22.9 Å². The van der Waals surface area contributed by atoms with Gasteiger partial charge in [0.2, 0.25) is 11.7 Å². The number of nitro groups is 1. The van der Waals surface area contributed by atoms with Gasteiger partial charge in [0.25, 0.3) is 5.69 Å². The SMILES string of the molecule is Cc1ccc(NC(=O)Cn2nnc(-c3ccc(F)cc3)n2)c([N+](=O)[O-])c1. The minimum Gasteiger partial charge on any atom is -0.319 e. The van der Waals surface area contributed by atoms with Crippen LogP contribution in [0.1, 0.15) is 5.56 Å². The second kappa shape index (κ2) is 7.05. The number of nitro benzene ring substituents is 1. The maximum Gasteiger partial charge on any atom is 0.293 e. The summed E-state index contributed by atoms with van der Waals surface area (Å²) in [6.45, 7) is 1.44. The average Bonchev–Trinajstić information content (AvgIpc) is 3.05. The van der Waals surface area contributed by atoms with E-state index in [0.717, 1.165) is 4.80 Å². The third kappa shape index (κ3) is 3.86. The van der Waals surface area contributed by atoms with Crippen LogP contribution in [-0.4, -0.2) is 31.0 Å². The molecule has 132 valence electrons. The third-order valence-corrected chi connectivity index (χ3v) is 3.46. The summed E-state index contributed by atoms with van der Waals surface area (Å²) in [5.41, 5.74) is 1.14. The average molecular weight is 356 g/mol. The van der Waals surface area contributed by atoms with Crippen molar-refractivity contribution >= 4 is 17.3 Å². The van der Waals surface area contributed by atoms with Gasteiger partial charge >= 0.3 is 0 Å². The van der Waals surface area contributed by atoms with Crippen molar-refractivity contribution in [2.24, 2.45) is 0 Å². The smallest absolute Gasteiger partial charge is 0.293 e. The first-order chi connectivity index (χ1) is 12.4. The summed E-state index contributed by atoms with van der Waals surface area (Å²) in [5.74, 6) is -0.695. The fraction of sp³-hybridized carbons (Fsp3) is 0.125. The standard InChI is InChI=1S/C16H13FN6O3/c1-10-2-7-13(14(8-10)23(25)26)18-15(24)9-22-20-16(19-21-22)11-3-5-12(17)6-4-11/h2-8H,9H2,1H3,(H,18,24). The van der Waals surface area contributed by atoms with Gasteiger partial charge in [-0.1, -0.05) is 6.07 Å². The molecule has 3 aromatic rings. The van der Waals surface area contributed by atoms with Gasteiger partial charge in [-0.3, -0.25) is 14.9 Å². The molecule has 1 heterocycles. The zero-order chi connectivity index (χ0) is 18.7. The van der Waals surface area contributed by atoms with E-state index in [9.17, 15) is 19.3 Å². The van der Waals surface area contributed by atoms with Crippen LogP contribution in [0.3, 0.4) is 0 Å². The second-order valence-corrected chi connectivity index (χ2v) is 5.48. The molecule has 0 bridgehead atoms. The lowest BCUT2D eigenvalue weighted by Gasteiger charge is -2.06. The third-order valence-electron chi connectivity index (χ3n) is 3.46. The van der Waals surface area contributed by atoms with E-state index in [2.05, 4.69) is 20.7 Å². The molecule has 0 unspecified atom stereocenters. The number of tetrazole rings is 1. The molecule has 3 rings (SSSR count). The lowest BCUT2D eigenvalue weighted by atomic mass is 10.2. The molecule has 0 saturated carbocycles.